The van der Waals surface area contributed by atoms with Crippen LogP contribution in [0.1, 0.15) is 26.7 Å². The Morgan fingerprint density at radius 1 is 1.32 bits per heavy atom. The second kappa shape index (κ2) is 7.09. The standard InChI is InChI=1S/C14H20N2O2S/c1-4-12(5-2)14(15-6-3)16-19(17,18)13-10-8-7-9-11-13/h6-12H,3-5H2,1-2H3,(H,15,16). The van der Waals surface area contributed by atoms with E-state index in [-0.39, 0.29) is 10.8 Å². The normalized spacial score (nSPS) is 12.5. The van der Waals surface area contributed by atoms with Crippen LogP contribution in [0.3, 0.4) is 0 Å². The van der Waals surface area contributed by atoms with E-state index < -0.39 is 10.0 Å². The van der Waals surface area contributed by atoms with E-state index in [1.165, 1.54) is 18.3 Å². The molecule has 0 spiro atoms. The van der Waals surface area contributed by atoms with Crippen LogP contribution in [0.15, 0.2) is 52.4 Å². The highest BCUT2D eigenvalue weighted by Gasteiger charge is 2.18. The molecule has 0 atom stereocenters. The first-order valence-corrected chi connectivity index (χ1v) is 7.76. The van der Waals surface area contributed by atoms with Gasteiger partial charge in [0.05, 0.1) is 4.90 Å². The van der Waals surface area contributed by atoms with Crippen molar-refractivity contribution in [1.29, 1.82) is 0 Å². The van der Waals surface area contributed by atoms with Gasteiger partial charge in [-0.2, -0.15) is 8.42 Å². The molecule has 0 saturated carbocycles. The van der Waals surface area contributed by atoms with Gasteiger partial charge in [-0.15, -0.1) is 4.40 Å². The molecule has 0 aliphatic carbocycles. The molecule has 0 saturated heterocycles. The lowest BCUT2D eigenvalue weighted by Crippen LogP contribution is -2.27. The van der Waals surface area contributed by atoms with Crippen LogP contribution in [0, 0.1) is 5.92 Å². The van der Waals surface area contributed by atoms with Crippen molar-refractivity contribution >= 4 is 15.9 Å². The Morgan fingerprint density at radius 3 is 2.37 bits per heavy atom. The van der Waals surface area contributed by atoms with E-state index in [0.29, 0.717) is 5.84 Å². The Bertz CT molecular complexity index is 532. The quantitative estimate of drug-likeness (QED) is 0.644. The highest BCUT2D eigenvalue weighted by Crippen LogP contribution is 2.15. The molecule has 1 aromatic carbocycles. The van der Waals surface area contributed by atoms with Gasteiger partial charge in [-0.1, -0.05) is 38.6 Å². The van der Waals surface area contributed by atoms with E-state index >= 15 is 0 Å². The summed E-state index contributed by atoms with van der Waals surface area (Å²) in [6.45, 7) is 7.57. The van der Waals surface area contributed by atoms with Crippen molar-refractivity contribution in [2.75, 3.05) is 0 Å². The molecule has 104 valence electrons. The molecule has 4 nitrogen and oxygen atoms in total. The van der Waals surface area contributed by atoms with Gasteiger partial charge in [0, 0.05) is 5.92 Å². The van der Waals surface area contributed by atoms with Crippen molar-refractivity contribution in [1.82, 2.24) is 5.32 Å². The maximum Gasteiger partial charge on any atom is 0.283 e. The second-order valence-electron chi connectivity index (χ2n) is 4.13. The number of rotatable bonds is 6. The second-order valence-corrected chi connectivity index (χ2v) is 5.73. The molecule has 0 radical (unpaired) electrons. The van der Waals surface area contributed by atoms with E-state index in [2.05, 4.69) is 16.3 Å². The molecule has 1 N–H and O–H groups in total. The molecule has 0 bridgehead atoms. The number of amidine groups is 1. The van der Waals surface area contributed by atoms with Crippen LogP contribution in [0.5, 0.6) is 0 Å². The van der Waals surface area contributed by atoms with E-state index in [0.717, 1.165) is 12.8 Å². The zero-order chi connectivity index (χ0) is 14.3. The lowest BCUT2D eigenvalue weighted by molar-refractivity contribution is 0.594. The lowest BCUT2D eigenvalue weighted by Gasteiger charge is -2.15. The van der Waals surface area contributed by atoms with Crippen LogP contribution >= 0.6 is 0 Å². The average molecular weight is 280 g/mol. The summed E-state index contributed by atoms with van der Waals surface area (Å²) >= 11 is 0. The fourth-order valence-corrected chi connectivity index (χ4v) is 2.84. The van der Waals surface area contributed by atoms with Crippen molar-refractivity contribution in [3.63, 3.8) is 0 Å². The van der Waals surface area contributed by atoms with Crippen molar-refractivity contribution in [3.05, 3.63) is 43.1 Å². The predicted molar refractivity (Wildman–Crippen MR) is 78.5 cm³/mol. The Kier molecular flexibility index (Phi) is 5.76. The summed E-state index contributed by atoms with van der Waals surface area (Å²) in [6.07, 6.45) is 3.10. The van der Waals surface area contributed by atoms with Gasteiger partial charge in [-0.3, -0.25) is 0 Å². The highest BCUT2D eigenvalue weighted by molar-refractivity contribution is 7.90. The van der Waals surface area contributed by atoms with Gasteiger partial charge in [-0.05, 0) is 31.2 Å². The fraction of sp³-hybridized carbons (Fsp3) is 0.357. The highest BCUT2D eigenvalue weighted by atomic mass is 32.2. The summed E-state index contributed by atoms with van der Waals surface area (Å²) in [6, 6.07) is 8.21. The van der Waals surface area contributed by atoms with Gasteiger partial charge in [0.15, 0.2) is 0 Å². The minimum atomic E-state index is -3.67. The third-order valence-corrected chi connectivity index (χ3v) is 4.19. The average Bonchev–Trinajstić information content (AvgIpc) is 2.41. The molecular weight excluding hydrogens is 260 g/mol. The van der Waals surface area contributed by atoms with Crippen LogP contribution in [-0.4, -0.2) is 14.3 Å². The smallest absolute Gasteiger partial charge is 0.283 e. The van der Waals surface area contributed by atoms with Gasteiger partial charge in [-0.25, -0.2) is 0 Å². The summed E-state index contributed by atoms with van der Waals surface area (Å²) in [5.41, 5.74) is 0. The van der Waals surface area contributed by atoms with Crippen LogP contribution in [0.2, 0.25) is 0 Å². The SMILES string of the molecule is C=CNC(=NS(=O)(=O)c1ccccc1)C(CC)CC. The summed E-state index contributed by atoms with van der Waals surface area (Å²) in [5, 5.41) is 2.85. The van der Waals surface area contributed by atoms with Crippen molar-refractivity contribution in [2.45, 2.75) is 31.6 Å². The molecule has 0 heterocycles. The zero-order valence-electron chi connectivity index (χ0n) is 11.3. The van der Waals surface area contributed by atoms with Gasteiger partial charge in [0.2, 0.25) is 0 Å². The monoisotopic (exact) mass is 280 g/mol. The molecule has 0 unspecified atom stereocenters. The Balaban J connectivity index is 3.17. The van der Waals surface area contributed by atoms with E-state index in [1.54, 1.807) is 18.2 Å². The molecule has 1 aromatic rings. The molecule has 0 fully saturated rings. The van der Waals surface area contributed by atoms with E-state index in [4.69, 9.17) is 0 Å². The topological polar surface area (TPSA) is 58.5 Å². The molecule has 0 aliphatic rings. The van der Waals surface area contributed by atoms with Gasteiger partial charge >= 0.3 is 0 Å². The summed E-state index contributed by atoms with van der Waals surface area (Å²) in [7, 11) is -3.67. The maximum atomic E-state index is 12.2. The lowest BCUT2D eigenvalue weighted by atomic mass is 10.0. The molecule has 5 heteroatoms. The van der Waals surface area contributed by atoms with Gasteiger partial charge in [0.25, 0.3) is 10.0 Å². The third-order valence-electron chi connectivity index (χ3n) is 2.88. The number of nitrogens with zero attached hydrogens (tertiary/aromatic N) is 1. The minimum Gasteiger partial charge on any atom is -0.350 e. The van der Waals surface area contributed by atoms with E-state index in [9.17, 15) is 8.42 Å². The predicted octanol–water partition coefficient (Wildman–Crippen LogP) is 2.94. The zero-order valence-corrected chi connectivity index (χ0v) is 12.2. The largest absolute Gasteiger partial charge is 0.350 e. The van der Waals surface area contributed by atoms with Crippen molar-refractivity contribution in [2.24, 2.45) is 10.3 Å². The Hall–Kier alpha value is -1.62. The molecule has 0 aliphatic heterocycles. The molecule has 0 amide bonds. The van der Waals surface area contributed by atoms with Crippen LogP contribution in [-0.2, 0) is 10.0 Å². The van der Waals surface area contributed by atoms with Crippen LogP contribution < -0.4 is 5.32 Å². The number of sulfonamides is 1. The number of benzene rings is 1. The number of hydrogen-bond acceptors (Lipinski definition) is 2. The minimum absolute atomic E-state index is 0.0801. The first-order valence-electron chi connectivity index (χ1n) is 6.32. The van der Waals surface area contributed by atoms with Gasteiger partial charge in [0.1, 0.15) is 5.84 Å². The van der Waals surface area contributed by atoms with Crippen molar-refractivity contribution < 1.29 is 8.42 Å². The molecule has 0 aromatic heterocycles. The van der Waals surface area contributed by atoms with Crippen LogP contribution in [0.25, 0.3) is 0 Å². The summed E-state index contributed by atoms with van der Waals surface area (Å²) < 4.78 is 28.3. The summed E-state index contributed by atoms with van der Waals surface area (Å²) in [5.74, 6) is 0.528. The fourth-order valence-electron chi connectivity index (χ4n) is 1.77. The van der Waals surface area contributed by atoms with E-state index in [1.807, 2.05) is 13.8 Å². The Labute approximate surface area is 115 Å². The van der Waals surface area contributed by atoms with Crippen molar-refractivity contribution in [3.8, 4) is 0 Å². The first kappa shape index (κ1) is 15.4. The first-order chi connectivity index (χ1) is 9.05. The van der Waals surface area contributed by atoms with Gasteiger partial charge < -0.3 is 5.32 Å². The van der Waals surface area contributed by atoms with Crippen LogP contribution in [0.4, 0.5) is 0 Å². The molecular formula is C14H20N2O2S. The maximum absolute atomic E-state index is 12.2. The Morgan fingerprint density at radius 2 is 1.89 bits per heavy atom. The summed E-state index contributed by atoms with van der Waals surface area (Å²) in [4.78, 5) is 0.198. The third kappa shape index (κ3) is 4.21. The number of nitrogens with one attached hydrogen (secondary N) is 1. The number of hydrogen-bond donors (Lipinski definition) is 1. The molecule has 19 heavy (non-hydrogen) atoms. The molecule has 1 rings (SSSR count).